The van der Waals surface area contributed by atoms with Gasteiger partial charge in [0.1, 0.15) is 0 Å². The van der Waals surface area contributed by atoms with Gasteiger partial charge in [-0.3, -0.25) is 4.79 Å². The topological polar surface area (TPSA) is 61.4 Å². The average Bonchev–Trinajstić information content (AvgIpc) is 2.92. The van der Waals surface area contributed by atoms with Gasteiger partial charge in [0.2, 0.25) is 0 Å². The summed E-state index contributed by atoms with van der Waals surface area (Å²) in [5.74, 6) is 0.699. The minimum Gasteiger partial charge on any atom is -0.355 e. The third-order valence-electron chi connectivity index (χ3n) is 3.16. The number of hydrogen-bond donors (Lipinski definition) is 1. The molecular weight excluding hydrogens is 242 g/mol. The van der Waals surface area contributed by atoms with E-state index in [0.717, 1.165) is 25.5 Å². The third-order valence-corrected chi connectivity index (χ3v) is 3.16. The molecule has 1 aliphatic rings. The molecule has 2 heterocycles. The van der Waals surface area contributed by atoms with Crippen molar-refractivity contribution in [3.63, 3.8) is 0 Å². The van der Waals surface area contributed by atoms with Crippen molar-refractivity contribution < 1.29 is 4.79 Å². The van der Waals surface area contributed by atoms with E-state index in [1.165, 1.54) is 12.8 Å². The predicted molar refractivity (Wildman–Crippen MR) is 74.4 cm³/mol. The van der Waals surface area contributed by atoms with Gasteiger partial charge in [-0.1, -0.05) is 0 Å². The predicted octanol–water partition coefficient (Wildman–Crippen LogP) is 0.368. The van der Waals surface area contributed by atoms with Gasteiger partial charge >= 0.3 is 0 Å². The van der Waals surface area contributed by atoms with Crippen molar-refractivity contribution in [2.24, 2.45) is 0 Å². The van der Waals surface area contributed by atoms with E-state index in [-0.39, 0.29) is 5.91 Å². The van der Waals surface area contributed by atoms with Gasteiger partial charge in [-0.25, -0.2) is 0 Å². The van der Waals surface area contributed by atoms with E-state index in [1.807, 2.05) is 25.1 Å². The largest absolute Gasteiger partial charge is 0.355 e. The fourth-order valence-corrected chi connectivity index (χ4v) is 2.04. The SMILES string of the molecule is CN(C)CCNC(=O)c1ccc(N2CCCC2)nn1. The Balaban J connectivity index is 1.88. The second-order valence-corrected chi connectivity index (χ2v) is 5.03. The molecular formula is C13H21N5O. The number of aromatic nitrogens is 2. The smallest absolute Gasteiger partial charge is 0.271 e. The van der Waals surface area contributed by atoms with Gasteiger partial charge in [-0.15, -0.1) is 10.2 Å². The van der Waals surface area contributed by atoms with Gasteiger partial charge in [-0.2, -0.15) is 0 Å². The maximum atomic E-state index is 11.8. The highest BCUT2D eigenvalue weighted by Crippen LogP contribution is 2.16. The summed E-state index contributed by atoms with van der Waals surface area (Å²) in [4.78, 5) is 16.0. The Labute approximate surface area is 113 Å². The molecule has 1 fully saturated rings. The van der Waals surface area contributed by atoms with Crippen LogP contribution < -0.4 is 10.2 Å². The number of hydrogen-bond acceptors (Lipinski definition) is 5. The van der Waals surface area contributed by atoms with Gasteiger partial charge in [0, 0.05) is 26.2 Å². The summed E-state index contributed by atoms with van der Waals surface area (Å²) in [6, 6.07) is 3.62. The first-order valence-corrected chi connectivity index (χ1v) is 6.68. The van der Waals surface area contributed by atoms with Gasteiger partial charge < -0.3 is 15.1 Å². The first-order valence-electron chi connectivity index (χ1n) is 6.68. The molecule has 0 bridgehead atoms. The van der Waals surface area contributed by atoms with Gasteiger partial charge in [0.05, 0.1) is 0 Å². The molecule has 6 heteroatoms. The van der Waals surface area contributed by atoms with Crippen LogP contribution in [-0.2, 0) is 0 Å². The number of nitrogens with zero attached hydrogens (tertiary/aromatic N) is 4. The maximum Gasteiger partial charge on any atom is 0.271 e. The van der Waals surface area contributed by atoms with Crippen molar-refractivity contribution in [1.29, 1.82) is 0 Å². The number of amides is 1. The van der Waals surface area contributed by atoms with Crippen molar-refractivity contribution in [3.05, 3.63) is 17.8 Å². The quantitative estimate of drug-likeness (QED) is 0.831. The number of rotatable bonds is 5. The van der Waals surface area contributed by atoms with E-state index in [4.69, 9.17) is 0 Å². The van der Waals surface area contributed by atoms with Crippen LogP contribution in [0.1, 0.15) is 23.3 Å². The summed E-state index contributed by atoms with van der Waals surface area (Å²) in [6.07, 6.45) is 2.41. The molecule has 0 spiro atoms. The normalized spacial score (nSPS) is 15.0. The van der Waals surface area contributed by atoms with E-state index in [2.05, 4.69) is 20.4 Å². The van der Waals surface area contributed by atoms with Crippen LogP contribution in [0.3, 0.4) is 0 Å². The molecule has 1 aromatic rings. The number of nitrogens with one attached hydrogen (secondary N) is 1. The molecule has 0 unspecified atom stereocenters. The minimum absolute atomic E-state index is 0.165. The zero-order valence-electron chi connectivity index (χ0n) is 11.6. The second-order valence-electron chi connectivity index (χ2n) is 5.03. The number of carbonyl (C=O) groups excluding carboxylic acids is 1. The van der Waals surface area contributed by atoms with Gasteiger partial charge in [0.25, 0.3) is 5.91 Å². The molecule has 0 saturated carbocycles. The van der Waals surface area contributed by atoms with Crippen LogP contribution in [0.4, 0.5) is 5.82 Å². The number of carbonyl (C=O) groups is 1. The van der Waals surface area contributed by atoms with Crippen molar-refractivity contribution in [3.8, 4) is 0 Å². The van der Waals surface area contributed by atoms with Crippen LogP contribution in [0.5, 0.6) is 0 Å². The lowest BCUT2D eigenvalue weighted by Crippen LogP contribution is -2.32. The Hall–Kier alpha value is -1.69. The van der Waals surface area contributed by atoms with E-state index < -0.39 is 0 Å². The van der Waals surface area contributed by atoms with Crippen LogP contribution >= 0.6 is 0 Å². The Morgan fingerprint density at radius 3 is 2.63 bits per heavy atom. The van der Waals surface area contributed by atoms with Crippen molar-refractivity contribution in [2.45, 2.75) is 12.8 Å². The fourth-order valence-electron chi connectivity index (χ4n) is 2.04. The van der Waals surface area contributed by atoms with Crippen LogP contribution in [0.2, 0.25) is 0 Å². The Kier molecular flexibility index (Phi) is 4.68. The van der Waals surface area contributed by atoms with E-state index in [1.54, 1.807) is 6.07 Å². The first kappa shape index (κ1) is 13.7. The van der Waals surface area contributed by atoms with E-state index >= 15 is 0 Å². The zero-order valence-corrected chi connectivity index (χ0v) is 11.6. The lowest BCUT2D eigenvalue weighted by Gasteiger charge is -2.15. The summed E-state index contributed by atoms with van der Waals surface area (Å²) in [7, 11) is 3.94. The van der Waals surface area contributed by atoms with Crippen molar-refractivity contribution >= 4 is 11.7 Å². The molecule has 1 N–H and O–H groups in total. The van der Waals surface area contributed by atoms with Crippen LogP contribution in [-0.4, -0.2) is 61.3 Å². The maximum absolute atomic E-state index is 11.8. The first-order chi connectivity index (χ1) is 9.16. The molecule has 1 amide bonds. The van der Waals surface area contributed by atoms with E-state index in [9.17, 15) is 4.79 Å². The summed E-state index contributed by atoms with van der Waals surface area (Å²) in [5, 5.41) is 11.0. The Morgan fingerprint density at radius 1 is 1.32 bits per heavy atom. The molecule has 6 nitrogen and oxygen atoms in total. The molecule has 0 aliphatic carbocycles. The third kappa shape index (κ3) is 3.89. The van der Waals surface area contributed by atoms with Gasteiger partial charge in [-0.05, 0) is 39.1 Å². The van der Waals surface area contributed by atoms with Crippen LogP contribution in [0.25, 0.3) is 0 Å². The fraction of sp³-hybridized carbons (Fsp3) is 0.615. The van der Waals surface area contributed by atoms with Crippen molar-refractivity contribution in [1.82, 2.24) is 20.4 Å². The zero-order chi connectivity index (χ0) is 13.7. The summed E-state index contributed by atoms with van der Waals surface area (Å²) >= 11 is 0. The molecule has 1 aliphatic heterocycles. The average molecular weight is 263 g/mol. The van der Waals surface area contributed by atoms with Gasteiger partial charge in [0.15, 0.2) is 11.5 Å². The Bertz CT molecular complexity index is 412. The minimum atomic E-state index is -0.165. The lowest BCUT2D eigenvalue weighted by molar-refractivity contribution is 0.0945. The van der Waals surface area contributed by atoms with E-state index in [0.29, 0.717) is 12.2 Å². The molecule has 0 radical (unpaired) electrons. The number of likely N-dealkylation sites (N-methyl/N-ethyl adjacent to an activating group) is 1. The second kappa shape index (κ2) is 6.47. The van der Waals surface area contributed by atoms with Crippen LogP contribution in [0.15, 0.2) is 12.1 Å². The van der Waals surface area contributed by atoms with Crippen molar-refractivity contribution in [2.75, 3.05) is 45.2 Å². The molecule has 1 saturated heterocycles. The highest BCUT2D eigenvalue weighted by Gasteiger charge is 2.15. The van der Waals surface area contributed by atoms with Crippen LogP contribution in [0, 0.1) is 0 Å². The monoisotopic (exact) mass is 263 g/mol. The number of anilines is 1. The highest BCUT2D eigenvalue weighted by atomic mass is 16.1. The lowest BCUT2D eigenvalue weighted by atomic mass is 10.3. The Morgan fingerprint density at radius 2 is 2.05 bits per heavy atom. The molecule has 2 rings (SSSR count). The molecule has 1 aromatic heterocycles. The molecule has 104 valence electrons. The molecule has 19 heavy (non-hydrogen) atoms. The summed E-state index contributed by atoms with van der Waals surface area (Å²) in [5.41, 5.74) is 0.377. The standard InChI is InChI=1S/C13H21N5O/c1-17(2)10-7-14-13(19)11-5-6-12(16-15-11)18-8-3-4-9-18/h5-6H,3-4,7-10H2,1-2H3,(H,14,19). The molecule has 0 atom stereocenters. The summed E-state index contributed by atoms with van der Waals surface area (Å²) < 4.78 is 0. The summed E-state index contributed by atoms with van der Waals surface area (Å²) in [6.45, 7) is 3.48. The highest BCUT2D eigenvalue weighted by molar-refractivity contribution is 5.92. The molecule has 0 aromatic carbocycles.